The van der Waals surface area contributed by atoms with Crippen LogP contribution < -0.4 is 0 Å². The van der Waals surface area contributed by atoms with Crippen LogP contribution in [0.15, 0.2) is 54.1 Å². The Morgan fingerprint density at radius 2 is 1.88 bits per heavy atom. The van der Waals surface area contributed by atoms with Gasteiger partial charge in [-0.15, -0.1) is 0 Å². The Kier molecular flexibility index (Phi) is 5.71. The third kappa shape index (κ3) is 4.94. The van der Waals surface area contributed by atoms with Gasteiger partial charge in [0.1, 0.15) is 0 Å². The highest BCUT2D eigenvalue weighted by molar-refractivity contribution is 6.02. The van der Waals surface area contributed by atoms with Gasteiger partial charge in [0, 0.05) is 5.92 Å². The van der Waals surface area contributed by atoms with Crippen molar-refractivity contribution in [3.05, 3.63) is 65.3 Å². The van der Waals surface area contributed by atoms with E-state index in [1.54, 1.807) is 0 Å². The minimum absolute atomic E-state index is 0.00850. The van der Waals surface area contributed by atoms with Crippen LogP contribution in [-0.4, -0.2) is 5.78 Å². The summed E-state index contributed by atoms with van der Waals surface area (Å²) in [5, 5.41) is 0. The molecule has 0 fully saturated rings. The number of alkyl halides is 3. The van der Waals surface area contributed by atoms with Gasteiger partial charge in [0.05, 0.1) is 5.56 Å². The highest BCUT2D eigenvalue weighted by atomic mass is 19.4. The van der Waals surface area contributed by atoms with Gasteiger partial charge in [-0.25, -0.2) is 0 Å². The number of allylic oxidation sites excluding steroid dienone is 5. The number of halogens is 3. The van der Waals surface area contributed by atoms with Crippen molar-refractivity contribution in [3.8, 4) is 0 Å². The monoisotopic (exact) mass is 348 g/mol. The molecule has 134 valence electrons. The Morgan fingerprint density at radius 3 is 2.52 bits per heavy atom. The maximum Gasteiger partial charge on any atom is 0.416 e. The molecule has 0 radical (unpaired) electrons. The Balaban J connectivity index is 2.14. The Morgan fingerprint density at radius 1 is 1.20 bits per heavy atom. The fraction of sp³-hybridized carbons (Fsp3) is 0.381. The molecule has 0 saturated carbocycles. The zero-order chi connectivity index (χ0) is 18.7. The summed E-state index contributed by atoms with van der Waals surface area (Å²) in [4.78, 5) is 12.1. The Bertz CT molecular complexity index is 721. The highest BCUT2D eigenvalue weighted by Gasteiger charge is 2.32. The van der Waals surface area contributed by atoms with Gasteiger partial charge in [0.25, 0.3) is 0 Å². The molecular formula is C21H23F3O. The van der Waals surface area contributed by atoms with Gasteiger partial charge in [-0.3, -0.25) is 4.79 Å². The lowest BCUT2D eigenvalue weighted by atomic mass is 9.68. The first-order valence-corrected chi connectivity index (χ1v) is 8.34. The summed E-state index contributed by atoms with van der Waals surface area (Å²) in [5.74, 6) is -0.146. The molecule has 1 aromatic rings. The van der Waals surface area contributed by atoms with Crippen molar-refractivity contribution < 1.29 is 18.0 Å². The molecule has 4 heteroatoms. The van der Waals surface area contributed by atoms with Crippen LogP contribution in [0.25, 0.3) is 6.08 Å². The number of benzene rings is 1. The second-order valence-electron chi connectivity index (χ2n) is 7.13. The summed E-state index contributed by atoms with van der Waals surface area (Å²) < 4.78 is 38.9. The van der Waals surface area contributed by atoms with Crippen LogP contribution in [0, 0.1) is 11.3 Å². The fourth-order valence-electron chi connectivity index (χ4n) is 3.30. The normalized spacial score (nSPS) is 20.9. The molecule has 0 bridgehead atoms. The molecule has 0 aliphatic heterocycles. The maximum atomic E-state index is 13.0. The van der Waals surface area contributed by atoms with Crippen molar-refractivity contribution in [2.75, 3.05) is 0 Å². The largest absolute Gasteiger partial charge is 0.416 e. The van der Waals surface area contributed by atoms with Crippen molar-refractivity contribution in [2.45, 2.75) is 39.8 Å². The molecule has 1 unspecified atom stereocenters. The van der Waals surface area contributed by atoms with E-state index in [2.05, 4.69) is 26.8 Å². The standard InChI is InChI=1S/C21H23F3O/c1-15-7-6-14-20(2,3)18(15)13-12-17(25)11-10-16-8-4-5-9-19(16)21(22,23)24/h4-5,7-13,18H,6,14H2,1-3H3/b11-10+,13-12+. The van der Waals surface area contributed by atoms with Gasteiger partial charge in [-0.1, -0.05) is 55.8 Å². The number of hydrogen-bond acceptors (Lipinski definition) is 1. The summed E-state index contributed by atoms with van der Waals surface area (Å²) in [6, 6.07) is 5.22. The van der Waals surface area contributed by atoms with Crippen LogP contribution in [0.2, 0.25) is 0 Å². The van der Waals surface area contributed by atoms with Gasteiger partial charge in [0.15, 0.2) is 5.78 Å². The molecule has 0 spiro atoms. The summed E-state index contributed by atoms with van der Waals surface area (Å²) >= 11 is 0. The fourth-order valence-corrected chi connectivity index (χ4v) is 3.30. The van der Waals surface area contributed by atoms with E-state index < -0.39 is 11.7 Å². The molecule has 1 aliphatic carbocycles. The van der Waals surface area contributed by atoms with Gasteiger partial charge < -0.3 is 0 Å². The van der Waals surface area contributed by atoms with Crippen LogP contribution in [0.4, 0.5) is 13.2 Å². The Labute approximate surface area is 146 Å². The van der Waals surface area contributed by atoms with Gasteiger partial charge in [0.2, 0.25) is 0 Å². The quantitative estimate of drug-likeness (QED) is 0.466. The third-order valence-electron chi connectivity index (χ3n) is 4.73. The van der Waals surface area contributed by atoms with E-state index in [-0.39, 0.29) is 22.7 Å². The van der Waals surface area contributed by atoms with Gasteiger partial charge in [-0.05, 0) is 49.0 Å². The summed E-state index contributed by atoms with van der Waals surface area (Å²) in [7, 11) is 0. The molecule has 0 heterocycles. The van der Waals surface area contributed by atoms with E-state index in [0.717, 1.165) is 18.9 Å². The van der Waals surface area contributed by atoms with Gasteiger partial charge in [-0.2, -0.15) is 13.2 Å². The van der Waals surface area contributed by atoms with Crippen molar-refractivity contribution in [3.63, 3.8) is 0 Å². The first kappa shape index (κ1) is 19.2. The minimum Gasteiger partial charge on any atom is -0.290 e. The summed E-state index contributed by atoms with van der Waals surface area (Å²) in [5.41, 5.74) is 0.551. The number of ketones is 1. The lowest BCUT2D eigenvalue weighted by Crippen LogP contribution is -2.26. The van der Waals surface area contributed by atoms with Crippen molar-refractivity contribution >= 4 is 11.9 Å². The van der Waals surface area contributed by atoms with E-state index in [9.17, 15) is 18.0 Å². The zero-order valence-electron chi connectivity index (χ0n) is 14.7. The van der Waals surface area contributed by atoms with E-state index in [4.69, 9.17) is 0 Å². The molecular weight excluding hydrogens is 325 g/mol. The Hall–Kier alpha value is -2.10. The topological polar surface area (TPSA) is 17.1 Å². The molecule has 1 nitrogen and oxygen atoms in total. The lowest BCUT2D eigenvalue weighted by Gasteiger charge is -2.36. The highest BCUT2D eigenvalue weighted by Crippen LogP contribution is 2.41. The molecule has 1 aliphatic rings. The number of carbonyl (C=O) groups excluding carboxylic acids is 1. The number of carbonyl (C=O) groups is 1. The van der Waals surface area contributed by atoms with E-state index in [1.165, 1.54) is 42.0 Å². The SMILES string of the molecule is CC1=CCCC(C)(C)C1/C=C/C(=O)/C=C/c1ccccc1C(F)(F)F. The summed E-state index contributed by atoms with van der Waals surface area (Å²) in [6.45, 7) is 6.38. The summed E-state index contributed by atoms with van der Waals surface area (Å²) in [6.07, 6.45) is 5.57. The minimum atomic E-state index is -4.44. The molecule has 2 rings (SSSR count). The van der Waals surface area contributed by atoms with Crippen molar-refractivity contribution in [1.29, 1.82) is 0 Å². The van der Waals surface area contributed by atoms with E-state index in [0.29, 0.717) is 0 Å². The molecule has 1 atom stereocenters. The maximum absolute atomic E-state index is 13.0. The molecule has 1 aromatic carbocycles. The van der Waals surface area contributed by atoms with E-state index >= 15 is 0 Å². The van der Waals surface area contributed by atoms with E-state index in [1.807, 2.05) is 6.08 Å². The van der Waals surface area contributed by atoms with Gasteiger partial charge >= 0.3 is 6.18 Å². The number of rotatable bonds is 4. The first-order valence-electron chi connectivity index (χ1n) is 8.34. The van der Waals surface area contributed by atoms with Crippen molar-refractivity contribution in [1.82, 2.24) is 0 Å². The molecule has 25 heavy (non-hydrogen) atoms. The molecule has 0 N–H and O–H groups in total. The molecule has 0 saturated heterocycles. The second kappa shape index (κ2) is 7.42. The predicted molar refractivity (Wildman–Crippen MR) is 94.9 cm³/mol. The smallest absolute Gasteiger partial charge is 0.290 e. The average Bonchev–Trinajstić information content (AvgIpc) is 2.51. The molecule has 0 aromatic heterocycles. The lowest BCUT2D eigenvalue weighted by molar-refractivity contribution is -0.137. The number of hydrogen-bond donors (Lipinski definition) is 0. The van der Waals surface area contributed by atoms with Crippen LogP contribution >= 0.6 is 0 Å². The molecule has 0 amide bonds. The third-order valence-corrected chi connectivity index (χ3v) is 4.73. The first-order chi connectivity index (χ1) is 11.6. The predicted octanol–water partition coefficient (Wildman–Crippen LogP) is 6.23. The van der Waals surface area contributed by atoms with Crippen molar-refractivity contribution in [2.24, 2.45) is 11.3 Å². The van der Waals surface area contributed by atoms with Crippen LogP contribution in [0.3, 0.4) is 0 Å². The van der Waals surface area contributed by atoms with Crippen LogP contribution in [0.5, 0.6) is 0 Å². The second-order valence-corrected chi connectivity index (χ2v) is 7.13. The van der Waals surface area contributed by atoms with Crippen LogP contribution in [-0.2, 0) is 11.0 Å². The van der Waals surface area contributed by atoms with Crippen LogP contribution in [0.1, 0.15) is 44.7 Å². The average molecular weight is 348 g/mol. The zero-order valence-corrected chi connectivity index (χ0v) is 14.7.